The molecule has 0 heterocycles. The largest absolute Gasteiger partial charge is 0.416 e. The molecule has 0 saturated carbocycles. The molecule has 2 aromatic carbocycles. The topological polar surface area (TPSA) is 0 Å². The van der Waals surface area contributed by atoms with Gasteiger partial charge >= 0.3 is 6.18 Å². The zero-order valence-electron chi connectivity index (χ0n) is 10.7. The van der Waals surface area contributed by atoms with Gasteiger partial charge in [0.2, 0.25) is 0 Å². The second kappa shape index (κ2) is 6.31. The van der Waals surface area contributed by atoms with Gasteiger partial charge in [0.15, 0.2) is 0 Å². The van der Waals surface area contributed by atoms with Crippen LogP contribution in [0, 0.1) is 0 Å². The Morgan fingerprint density at radius 2 is 1.65 bits per heavy atom. The molecular formula is C16H14ClF3. The minimum Gasteiger partial charge on any atom is -0.166 e. The molecule has 0 fully saturated rings. The highest BCUT2D eigenvalue weighted by atomic mass is 35.5. The van der Waals surface area contributed by atoms with Crippen LogP contribution < -0.4 is 0 Å². The maximum absolute atomic E-state index is 12.7. The summed E-state index contributed by atoms with van der Waals surface area (Å²) < 4.78 is 38.1. The summed E-state index contributed by atoms with van der Waals surface area (Å²) in [5.74, 6) is 0.390. The third-order valence-electron chi connectivity index (χ3n) is 3.19. The van der Waals surface area contributed by atoms with E-state index in [-0.39, 0.29) is 5.92 Å². The highest BCUT2D eigenvalue weighted by molar-refractivity contribution is 6.18. The number of benzene rings is 2. The molecule has 0 aliphatic rings. The second-order valence-corrected chi connectivity index (χ2v) is 4.97. The van der Waals surface area contributed by atoms with E-state index in [4.69, 9.17) is 11.6 Å². The summed E-state index contributed by atoms with van der Waals surface area (Å²) in [4.78, 5) is 0. The van der Waals surface area contributed by atoms with Crippen molar-refractivity contribution in [2.24, 2.45) is 0 Å². The van der Waals surface area contributed by atoms with Gasteiger partial charge in [0, 0.05) is 11.8 Å². The lowest BCUT2D eigenvalue weighted by molar-refractivity contribution is -0.137. The summed E-state index contributed by atoms with van der Waals surface area (Å²) >= 11 is 5.96. The van der Waals surface area contributed by atoms with Gasteiger partial charge in [0.05, 0.1) is 5.56 Å². The van der Waals surface area contributed by atoms with Gasteiger partial charge in [-0.15, -0.1) is 11.6 Å². The van der Waals surface area contributed by atoms with Crippen LogP contribution in [0.1, 0.15) is 22.6 Å². The van der Waals surface area contributed by atoms with Crippen molar-refractivity contribution < 1.29 is 13.2 Å². The van der Waals surface area contributed by atoms with Crippen molar-refractivity contribution in [1.29, 1.82) is 0 Å². The lowest BCUT2D eigenvalue weighted by Gasteiger charge is -2.15. The van der Waals surface area contributed by atoms with E-state index >= 15 is 0 Å². The smallest absolute Gasteiger partial charge is 0.166 e. The van der Waals surface area contributed by atoms with Gasteiger partial charge in [-0.05, 0) is 23.6 Å². The molecule has 2 aromatic rings. The standard InChI is InChI=1S/C16H14ClF3/c17-11-14(13-6-2-1-3-7-13)9-12-5-4-8-15(10-12)16(18,19)20/h1-8,10,14H,9,11H2. The molecule has 2 rings (SSSR count). The van der Waals surface area contributed by atoms with Gasteiger partial charge in [0.25, 0.3) is 0 Å². The van der Waals surface area contributed by atoms with Crippen molar-refractivity contribution in [3.63, 3.8) is 0 Å². The Kier molecular flexibility index (Phi) is 4.71. The Morgan fingerprint density at radius 1 is 0.950 bits per heavy atom. The zero-order chi connectivity index (χ0) is 14.6. The van der Waals surface area contributed by atoms with Crippen LogP contribution in [0.3, 0.4) is 0 Å². The van der Waals surface area contributed by atoms with E-state index in [0.717, 1.165) is 11.6 Å². The molecule has 0 aliphatic carbocycles. The maximum atomic E-state index is 12.7. The van der Waals surface area contributed by atoms with Crippen molar-refractivity contribution in [3.05, 3.63) is 71.3 Å². The van der Waals surface area contributed by atoms with Crippen molar-refractivity contribution in [2.75, 3.05) is 5.88 Å². The molecule has 0 spiro atoms. The fourth-order valence-electron chi connectivity index (χ4n) is 2.15. The molecule has 0 aromatic heterocycles. The molecule has 0 radical (unpaired) electrons. The fraction of sp³-hybridized carbons (Fsp3) is 0.250. The van der Waals surface area contributed by atoms with Crippen LogP contribution in [-0.4, -0.2) is 5.88 Å². The van der Waals surface area contributed by atoms with E-state index in [0.29, 0.717) is 17.9 Å². The molecule has 0 saturated heterocycles. The zero-order valence-corrected chi connectivity index (χ0v) is 11.5. The lowest BCUT2D eigenvalue weighted by Crippen LogP contribution is -2.08. The Balaban J connectivity index is 2.20. The number of alkyl halides is 4. The molecule has 1 atom stereocenters. The van der Waals surface area contributed by atoms with Gasteiger partial charge < -0.3 is 0 Å². The van der Waals surface area contributed by atoms with Crippen LogP contribution in [0.2, 0.25) is 0 Å². The molecule has 4 heteroatoms. The average molecular weight is 299 g/mol. The first-order valence-electron chi connectivity index (χ1n) is 6.27. The summed E-state index contributed by atoms with van der Waals surface area (Å²) in [5.41, 5.74) is 1.07. The van der Waals surface area contributed by atoms with E-state index in [1.807, 2.05) is 30.3 Å². The van der Waals surface area contributed by atoms with Crippen LogP contribution in [0.25, 0.3) is 0 Å². The van der Waals surface area contributed by atoms with Crippen molar-refractivity contribution in [1.82, 2.24) is 0 Å². The molecule has 0 aliphatic heterocycles. The highest BCUT2D eigenvalue weighted by Crippen LogP contribution is 2.31. The summed E-state index contributed by atoms with van der Waals surface area (Å²) in [5, 5.41) is 0. The molecule has 106 valence electrons. The quantitative estimate of drug-likeness (QED) is 0.675. The first-order chi connectivity index (χ1) is 9.50. The van der Waals surface area contributed by atoms with E-state index in [9.17, 15) is 13.2 Å². The number of hydrogen-bond acceptors (Lipinski definition) is 0. The minimum atomic E-state index is -4.31. The van der Waals surface area contributed by atoms with Gasteiger partial charge in [-0.2, -0.15) is 13.2 Å². The lowest BCUT2D eigenvalue weighted by atomic mass is 9.93. The van der Waals surface area contributed by atoms with Crippen LogP contribution in [0.15, 0.2) is 54.6 Å². The van der Waals surface area contributed by atoms with Crippen LogP contribution in [-0.2, 0) is 12.6 Å². The summed E-state index contributed by atoms with van der Waals surface area (Å²) in [6.45, 7) is 0. The number of halogens is 4. The van der Waals surface area contributed by atoms with Crippen molar-refractivity contribution in [2.45, 2.75) is 18.5 Å². The Morgan fingerprint density at radius 3 is 2.25 bits per heavy atom. The number of rotatable bonds is 4. The fourth-order valence-corrected chi connectivity index (χ4v) is 2.43. The second-order valence-electron chi connectivity index (χ2n) is 4.66. The van der Waals surface area contributed by atoms with Gasteiger partial charge in [0.1, 0.15) is 0 Å². The molecule has 0 bridgehead atoms. The first kappa shape index (κ1) is 14.9. The molecule has 20 heavy (non-hydrogen) atoms. The first-order valence-corrected chi connectivity index (χ1v) is 6.81. The Bertz CT molecular complexity index is 549. The predicted octanol–water partition coefficient (Wildman–Crippen LogP) is 5.27. The van der Waals surface area contributed by atoms with E-state index < -0.39 is 11.7 Å². The van der Waals surface area contributed by atoms with Crippen LogP contribution in [0.4, 0.5) is 13.2 Å². The maximum Gasteiger partial charge on any atom is 0.416 e. The SMILES string of the molecule is FC(F)(F)c1cccc(CC(CCl)c2ccccc2)c1. The average Bonchev–Trinajstić information content (AvgIpc) is 2.45. The van der Waals surface area contributed by atoms with Crippen LogP contribution >= 0.6 is 11.6 Å². The predicted molar refractivity (Wildman–Crippen MR) is 75.1 cm³/mol. The monoisotopic (exact) mass is 298 g/mol. The van der Waals surface area contributed by atoms with Gasteiger partial charge in [-0.1, -0.05) is 48.5 Å². The van der Waals surface area contributed by atoms with Crippen LogP contribution in [0.5, 0.6) is 0 Å². The minimum absolute atomic E-state index is 0.0151. The van der Waals surface area contributed by atoms with Gasteiger partial charge in [-0.25, -0.2) is 0 Å². The van der Waals surface area contributed by atoms with Crippen molar-refractivity contribution >= 4 is 11.6 Å². The van der Waals surface area contributed by atoms with Gasteiger partial charge in [-0.3, -0.25) is 0 Å². The van der Waals surface area contributed by atoms with E-state index in [1.165, 1.54) is 12.1 Å². The highest BCUT2D eigenvalue weighted by Gasteiger charge is 2.30. The third-order valence-corrected chi connectivity index (χ3v) is 3.57. The third kappa shape index (κ3) is 3.76. The molecule has 0 amide bonds. The molecule has 0 nitrogen and oxygen atoms in total. The molecule has 1 unspecified atom stereocenters. The summed E-state index contributed by atoms with van der Waals surface area (Å²) in [6, 6.07) is 15.0. The Hall–Kier alpha value is -1.48. The van der Waals surface area contributed by atoms with Crippen molar-refractivity contribution in [3.8, 4) is 0 Å². The summed E-state index contributed by atoms with van der Waals surface area (Å²) in [6.07, 6.45) is -3.81. The molecule has 0 N–H and O–H groups in total. The molecular weight excluding hydrogens is 285 g/mol. The summed E-state index contributed by atoms with van der Waals surface area (Å²) in [7, 11) is 0. The number of hydrogen-bond donors (Lipinski definition) is 0. The Labute approximate surface area is 121 Å². The van der Waals surface area contributed by atoms with E-state index in [2.05, 4.69) is 0 Å². The normalized spacial score (nSPS) is 13.2. The van der Waals surface area contributed by atoms with E-state index in [1.54, 1.807) is 6.07 Å².